The van der Waals surface area contributed by atoms with Crippen molar-refractivity contribution < 1.29 is 27.4 Å². The molecule has 0 saturated carbocycles. The number of nitrogens with zero attached hydrogens (tertiary/aromatic N) is 2. The molecule has 0 aliphatic heterocycles. The number of benzene rings is 3. The van der Waals surface area contributed by atoms with Crippen molar-refractivity contribution in [2.45, 2.75) is 20.5 Å². The molecule has 9 nitrogen and oxygen atoms in total. The van der Waals surface area contributed by atoms with E-state index >= 15 is 0 Å². The Kier molecular flexibility index (Phi) is 10.1. The number of hydrogen-bond donors (Lipinski definition) is 1. The highest BCUT2D eigenvalue weighted by atomic mass is 79.9. The lowest BCUT2D eigenvalue weighted by atomic mass is 10.2. The molecule has 0 bridgehead atoms. The highest BCUT2D eigenvalue weighted by Gasteiger charge is 2.21. The SMILES string of the molecule is CCOc1ccc(N(CC(=O)N/N=C\c2cc(Br)c(OCc3ccc(C)cc3)c(OC)c2)S(C)(=O)=O)cc1. The average molecular weight is 605 g/mol. The van der Waals surface area contributed by atoms with Gasteiger partial charge >= 0.3 is 0 Å². The first-order chi connectivity index (χ1) is 18.1. The Bertz CT molecular complexity index is 1380. The summed E-state index contributed by atoms with van der Waals surface area (Å²) in [5.74, 6) is 1.02. The molecule has 202 valence electrons. The molecule has 38 heavy (non-hydrogen) atoms. The fourth-order valence-corrected chi connectivity index (χ4v) is 4.84. The normalized spacial score (nSPS) is 11.3. The molecule has 0 fully saturated rings. The van der Waals surface area contributed by atoms with E-state index in [1.807, 2.05) is 38.1 Å². The Morgan fingerprint density at radius 2 is 1.76 bits per heavy atom. The van der Waals surface area contributed by atoms with Gasteiger partial charge < -0.3 is 14.2 Å². The number of sulfonamides is 1. The largest absolute Gasteiger partial charge is 0.494 e. The van der Waals surface area contributed by atoms with E-state index in [0.717, 1.165) is 16.1 Å². The third-order valence-electron chi connectivity index (χ3n) is 5.28. The maximum Gasteiger partial charge on any atom is 0.260 e. The van der Waals surface area contributed by atoms with Gasteiger partial charge in [-0.3, -0.25) is 9.10 Å². The minimum absolute atomic E-state index is 0.338. The van der Waals surface area contributed by atoms with Gasteiger partial charge in [-0.15, -0.1) is 0 Å². The van der Waals surface area contributed by atoms with Gasteiger partial charge in [-0.1, -0.05) is 29.8 Å². The standard InChI is InChI=1S/C27H30BrN3O6S/c1-5-36-23-12-10-22(11-13-23)31(38(4,33)34)17-26(32)30-29-16-21-14-24(28)27(25(15-21)35-3)37-18-20-8-6-19(2)7-9-20/h6-16H,5,17-18H2,1-4H3,(H,30,32)/b29-16-. The van der Waals surface area contributed by atoms with Crippen molar-refractivity contribution in [2.75, 3.05) is 30.8 Å². The van der Waals surface area contributed by atoms with Crippen LogP contribution in [-0.2, 0) is 21.4 Å². The molecule has 0 unspecified atom stereocenters. The molecule has 0 aromatic heterocycles. The molecular weight excluding hydrogens is 574 g/mol. The van der Waals surface area contributed by atoms with Gasteiger partial charge in [0, 0.05) is 0 Å². The molecule has 1 amide bonds. The first-order valence-corrected chi connectivity index (χ1v) is 14.3. The zero-order chi connectivity index (χ0) is 27.7. The Morgan fingerprint density at radius 1 is 1.08 bits per heavy atom. The number of anilines is 1. The summed E-state index contributed by atoms with van der Waals surface area (Å²) in [5.41, 5.74) is 5.53. The zero-order valence-corrected chi connectivity index (χ0v) is 24.0. The summed E-state index contributed by atoms with van der Waals surface area (Å²) in [6.45, 7) is 4.29. The van der Waals surface area contributed by atoms with Crippen LogP contribution in [0.5, 0.6) is 17.2 Å². The Balaban J connectivity index is 1.66. The summed E-state index contributed by atoms with van der Waals surface area (Å²) in [6.07, 6.45) is 2.46. The van der Waals surface area contributed by atoms with Crippen molar-refractivity contribution in [3.05, 3.63) is 81.8 Å². The van der Waals surface area contributed by atoms with Crippen molar-refractivity contribution in [2.24, 2.45) is 5.10 Å². The fraction of sp³-hybridized carbons (Fsp3) is 0.259. The van der Waals surface area contributed by atoms with E-state index in [4.69, 9.17) is 14.2 Å². The van der Waals surface area contributed by atoms with Gasteiger partial charge in [0.1, 0.15) is 18.9 Å². The molecule has 0 heterocycles. The van der Waals surface area contributed by atoms with Crippen LogP contribution >= 0.6 is 15.9 Å². The first-order valence-electron chi connectivity index (χ1n) is 11.7. The molecule has 3 aromatic carbocycles. The van der Waals surface area contributed by atoms with Gasteiger partial charge in [0.05, 0.1) is 36.3 Å². The number of carbonyl (C=O) groups is 1. The van der Waals surface area contributed by atoms with Crippen LogP contribution in [0.2, 0.25) is 0 Å². The quantitative estimate of drug-likeness (QED) is 0.238. The van der Waals surface area contributed by atoms with Crippen LogP contribution in [-0.4, -0.2) is 47.1 Å². The highest BCUT2D eigenvalue weighted by Crippen LogP contribution is 2.37. The molecule has 3 aromatic rings. The highest BCUT2D eigenvalue weighted by molar-refractivity contribution is 9.10. The van der Waals surface area contributed by atoms with E-state index in [1.54, 1.807) is 36.4 Å². The van der Waals surface area contributed by atoms with Crippen molar-refractivity contribution in [3.63, 3.8) is 0 Å². The molecule has 0 aliphatic carbocycles. The molecule has 0 saturated heterocycles. The molecule has 11 heteroatoms. The zero-order valence-electron chi connectivity index (χ0n) is 21.6. The lowest BCUT2D eigenvalue weighted by molar-refractivity contribution is -0.119. The lowest BCUT2D eigenvalue weighted by Gasteiger charge is -2.21. The monoisotopic (exact) mass is 603 g/mol. The van der Waals surface area contributed by atoms with Crippen molar-refractivity contribution in [1.29, 1.82) is 0 Å². The van der Waals surface area contributed by atoms with Gasteiger partial charge in [0.15, 0.2) is 11.5 Å². The third-order valence-corrected chi connectivity index (χ3v) is 7.01. The van der Waals surface area contributed by atoms with Gasteiger partial charge in [-0.2, -0.15) is 5.10 Å². The average Bonchev–Trinajstić information content (AvgIpc) is 2.87. The number of rotatable bonds is 12. The second-order valence-electron chi connectivity index (χ2n) is 8.30. The van der Waals surface area contributed by atoms with E-state index in [9.17, 15) is 13.2 Å². The number of methoxy groups -OCH3 is 1. The predicted molar refractivity (Wildman–Crippen MR) is 152 cm³/mol. The molecule has 3 rings (SSSR count). The van der Waals surface area contributed by atoms with Crippen LogP contribution in [0, 0.1) is 6.92 Å². The summed E-state index contributed by atoms with van der Waals surface area (Å²) >= 11 is 3.50. The minimum Gasteiger partial charge on any atom is -0.494 e. The molecule has 1 N–H and O–H groups in total. The molecule has 0 atom stereocenters. The van der Waals surface area contributed by atoms with Crippen LogP contribution in [0.15, 0.2) is 70.2 Å². The van der Waals surface area contributed by atoms with E-state index in [0.29, 0.717) is 46.2 Å². The lowest BCUT2D eigenvalue weighted by Crippen LogP contribution is -2.39. The Hall–Kier alpha value is -3.57. The summed E-state index contributed by atoms with van der Waals surface area (Å²) in [4.78, 5) is 12.5. The molecule has 0 aliphatic rings. The topological polar surface area (TPSA) is 107 Å². The van der Waals surface area contributed by atoms with Gasteiger partial charge in [0.2, 0.25) is 10.0 Å². The van der Waals surface area contributed by atoms with Crippen molar-refractivity contribution in [1.82, 2.24) is 5.43 Å². The van der Waals surface area contributed by atoms with Crippen LogP contribution < -0.4 is 23.9 Å². The van der Waals surface area contributed by atoms with Crippen molar-refractivity contribution >= 4 is 43.8 Å². The maximum absolute atomic E-state index is 12.5. The van der Waals surface area contributed by atoms with Crippen LogP contribution in [0.3, 0.4) is 0 Å². The van der Waals surface area contributed by atoms with E-state index in [-0.39, 0.29) is 0 Å². The van der Waals surface area contributed by atoms with Gasteiger partial charge in [0.25, 0.3) is 5.91 Å². The number of carbonyl (C=O) groups excluding carboxylic acids is 1. The van der Waals surface area contributed by atoms with Crippen LogP contribution in [0.1, 0.15) is 23.6 Å². The number of ether oxygens (including phenoxy) is 3. The van der Waals surface area contributed by atoms with Gasteiger partial charge in [-0.25, -0.2) is 13.8 Å². The molecule has 0 radical (unpaired) electrons. The number of halogens is 1. The molecule has 0 spiro atoms. The number of nitrogens with one attached hydrogen (secondary N) is 1. The number of hydrogen-bond acceptors (Lipinski definition) is 7. The summed E-state index contributed by atoms with van der Waals surface area (Å²) in [7, 11) is -2.19. The second kappa shape index (κ2) is 13.3. The maximum atomic E-state index is 12.5. The summed E-state index contributed by atoms with van der Waals surface area (Å²) in [5, 5.41) is 3.97. The summed E-state index contributed by atoms with van der Waals surface area (Å²) < 4.78 is 43.1. The number of amides is 1. The van der Waals surface area contributed by atoms with Gasteiger partial charge in [-0.05, 0) is 77.3 Å². The Labute approximate surface area is 231 Å². The third kappa shape index (κ3) is 8.22. The number of aryl methyl sites for hydroxylation is 1. The summed E-state index contributed by atoms with van der Waals surface area (Å²) in [6, 6.07) is 18.0. The smallest absolute Gasteiger partial charge is 0.260 e. The fourth-order valence-electron chi connectivity index (χ4n) is 3.41. The predicted octanol–water partition coefficient (Wildman–Crippen LogP) is 4.66. The van der Waals surface area contributed by atoms with E-state index in [1.165, 1.54) is 18.9 Å². The van der Waals surface area contributed by atoms with E-state index < -0.39 is 22.5 Å². The van der Waals surface area contributed by atoms with Crippen molar-refractivity contribution in [3.8, 4) is 17.2 Å². The van der Waals surface area contributed by atoms with Crippen LogP contribution in [0.25, 0.3) is 0 Å². The van der Waals surface area contributed by atoms with Crippen LogP contribution in [0.4, 0.5) is 5.69 Å². The second-order valence-corrected chi connectivity index (χ2v) is 11.1. The van der Waals surface area contributed by atoms with E-state index in [2.05, 4.69) is 26.5 Å². The minimum atomic E-state index is -3.72. The Morgan fingerprint density at radius 3 is 2.37 bits per heavy atom. The molecular formula is C27H30BrN3O6S. The first kappa shape index (κ1) is 29.0. The number of hydrazone groups is 1.